The van der Waals surface area contributed by atoms with Crippen LogP contribution in [0.3, 0.4) is 0 Å². The van der Waals surface area contributed by atoms with Gasteiger partial charge >= 0.3 is 0 Å². The topological polar surface area (TPSA) is 66.2 Å². The summed E-state index contributed by atoms with van der Waals surface area (Å²) >= 11 is 8.05. The second-order valence-electron chi connectivity index (χ2n) is 3.45. The number of phenolic OH excluding ortho intramolecular Hbond substituents is 1. The number of benzene rings is 1. The van der Waals surface area contributed by atoms with Gasteiger partial charge in [0.05, 0.1) is 6.21 Å². The molecule has 1 heterocycles. The lowest BCUT2D eigenvalue weighted by Gasteiger charge is -2.01. The van der Waals surface area contributed by atoms with Gasteiger partial charge in [0, 0.05) is 10.0 Å². The molecule has 19 heavy (non-hydrogen) atoms. The molecule has 0 unspecified atom stereocenters. The lowest BCUT2D eigenvalue weighted by Crippen LogP contribution is -1.99. The fourth-order valence-electron chi connectivity index (χ4n) is 1.31. The van der Waals surface area contributed by atoms with Crippen LogP contribution < -0.4 is 0 Å². The first-order valence-electron chi connectivity index (χ1n) is 4.97. The first kappa shape index (κ1) is 13.8. The molecule has 0 spiro atoms. The van der Waals surface area contributed by atoms with Crippen LogP contribution in [0.2, 0.25) is 0 Å². The lowest BCUT2D eigenvalue weighted by molar-refractivity contribution is 0.136. The van der Waals surface area contributed by atoms with Gasteiger partial charge in [0.15, 0.2) is 0 Å². The van der Waals surface area contributed by atoms with Gasteiger partial charge in [-0.05, 0) is 30.4 Å². The van der Waals surface area contributed by atoms with Crippen molar-refractivity contribution in [3.8, 4) is 5.75 Å². The lowest BCUT2D eigenvalue weighted by atomic mass is 10.2. The average molecular weight is 349 g/mol. The molecule has 100 valence electrons. The molecule has 0 saturated heterocycles. The number of rotatable bonds is 3. The Kier molecular flexibility index (Phi) is 4.05. The van der Waals surface area contributed by atoms with Crippen LogP contribution in [0.4, 0.5) is 8.78 Å². The zero-order chi connectivity index (χ0) is 14.0. The standard InChI is InChI=1S/C10H7BrF2N4OS/c11-7-2-1-6(18)3-5(7)4-14-17-9(8(12)13)15-16-10(17)19/h1-4,8,18H,(H,16,19)/b14-4-. The van der Waals surface area contributed by atoms with Crippen LogP contribution in [0.5, 0.6) is 5.75 Å². The predicted octanol–water partition coefficient (Wildman–Crippen LogP) is 3.23. The van der Waals surface area contributed by atoms with Crippen LogP contribution in [-0.2, 0) is 0 Å². The summed E-state index contributed by atoms with van der Waals surface area (Å²) in [5.41, 5.74) is 0.517. The number of halogens is 3. The third-order valence-electron chi connectivity index (χ3n) is 2.16. The molecule has 0 atom stereocenters. The van der Waals surface area contributed by atoms with Crippen LogP contribution in [-0.4, -0.2) is 26.2 Å². The molecule has 2 N–H and O–H groups in total. The van der Waals surface area contributed by atoms with E-state index in [1.54, 1.807) is 6.07 Å². The Balaban J connectivity index is 2.40. The zero-order valence-corrected chi connectivity index (χ0v) is 11.6. The molecule has 1 aromatic carbocycles. The number of alkyl halides is 2. The van der Waals surface area contributed by atoms with Crippen LogP contribution >= 0.6 is 28.1 Å². The van der Waals surface area contributed by atoms with Crippen molar-refractivity contribution in [3.63, 3.8) is 0 Å². The maximum atomic E-state index is 12.6. The van der Waals surface area contributed by atoms with E-state index in [0.29, 0.717) is 10.0 Å². The predicted molar refractivity (Wildman–Crippen MR) is 71.2 cm³/mol. The maximum absolute atomic E-state index is 12.6. The molecule has 0 aliphatic carbocycles. The van der Waals surface area contributed by atoms with E-state index in [1.165, 1.54) is 18.3 Å². The summed E-state index contributed by atoms with van der Waals surface area (Å²) in [7, 11) is 0. The zero-order valence-electron chi connectivity index (χ0n) is 9.22. The quantitative estimate of drug-likeness (QED) is 0.661. The minimum atomic E-state index is -2.79. The fraction of sp³-hybridized carbons (Fsp3) is 0.100. The summed E-state index contributed by atoms with van der Waals surface area (Å²) in [6.07, 6.45) is -1.50. The van der Waals surface area contributed by atoms with E-state index in [2.05, 4.69) is 31.2 Å². The van der Waals surface area contributed by atoms with Gasteiger partial charge in [-0.1, -0.05) is 15.9 Å². The van der Waals surface area contributed by atoms with Crippen molar-refractivity contribution in [1.82, 2.24) is 14.9 Å². The number of nitrogens with zero attached hydrogens (tertiary/aromatic N) is 3. The Hall–Kier alpha value is -1.61. The number of hydrogen-bond donors (Lipinski definition) is 2. The van der Waals surface area contributed by atoms with Gasteiger partial charge < -0.3 is 5.11 Å². The third kappa shape index (κ3) is 3.04. The number of aromatic hydroxyl groups is 1. The largest absolute Gasteiger partial charge is 0.508 e. The van der Waals surface area contributed by atoms with E-state index in [9.17, 15) is 13.9 Å². The van der Waals surface area contributed by atoms with E-state index >= 15 is 0 Å². The first-order chi connectivity index (χ1) is 8.99. The number of hydrogen-bond acceptors (Lipinski definition) is 4. The summed E-state index contributed by atoms with van der Waals surface area (Å²) in [6, 6.07) is 4.52. The summed E-state index contributed by atoms with van der Waals surface area (Å²) in [5.74, 6) is -0.535. The molecule has 0 saturated carbocycles. The van der Waals surface area contributed by atoms with E-state index in [1.807, 2.05) is 0 Å². The number of aromatic nitrogens is 3. The Labute approximate surface area is 119 Å². The molecule has 0 bridgehead atoms. The van der Waals surface area contributed by atoms with Crippen molar-refractivity contribution in [2.24, 2.45) is 5.10 Å². The fourth-order valence-corrected chi connectivity index (χ4v) is 1.84. The van der Waals surface area contributed by atoms with Gasteiger partial charge in [-0.2, -0.15) is 14.9 Å². The third-order valence-corrected chi connectivity index (χ3v) is 3.15. The van der Waals surface area contributed by atoms with Crippen LogP contribution in [0.15, 0.2) is 27.8 Å². The number of nitrogens with one attached hydrogen (secondary N) is 1. The molecule has 0 radical (unpaired) electrons. The summed E-state index contributed by atoms with van der Waals surface area (Å²) < 4.78 is 26.7. The smallest absolute Gasteiger partial charge is 0.299 e. The monoisotopic (exact) mass is 348 g/mol. The maximum Gasteiger partial charge on any atom is 0.299 e. The van der Waals surface area contributed by atoms with Crippen LogP contribution in [0, 0.1) is 4.77 Å². The SMILES string of the molecule is Oc1ccc(Br)c(/C=N\n2c(C(F)F)n[nH]c2=S)c1. The van der Waals surface area contributed by atoms with Crippen molar-refractivity contribution >= 4 is 34.4 Å². The average Bonchev–Trinajstić information content (AvgIpc) is 2.72. The normalized spacial score (nSPS) is 11.6. The van der Waals surface area contributed by atoms with Gasteiger partial charge in [-0.3, -0.25) is 0 Å². The molecule has 2 aromatic rings. The number of aromatic amines is 1. The molecule has 1 aromatic heterocycles. The molecular weight excluding hydrogens is 342 g/mol. The molecule has 0 aliphatic heterocycles. The Bertz CT molecular complexity index is 682. The highest BCUT2D eigenvalue weighted by Gasteiger charge is 2.16. The highest BCUT2D eigenvalue weighted by Crippen LogP contribution is 2.21. The van der Waals surface area contributed by atoms with Gasteiger partial charge in [-0.15, -0.1) is 0 Å². The van der Waals surface area contributed by atoms with Crippen molar-refractivity contribution in [2.75, 3.05) is 0 Å². The number of phenols is 1. The molecule has 0 aliphatic rings. The van der Waals surface area contributed by atoms with Crippen molar-refractivity contribution < 1.29 is 13.9 Å². The highest BCUT2D eigenvalue weighted by molar-refractivity contribution is 9.10. The molecule has 0 amide bonds. The second kappa shape index (κ2) is 5.57. The van der Waals surface area contributed by atoms with E-state index in [-0.39, 0.29) is 10.5 Å². The van der Waals surface area contributed by atoms with Crippen molar-refractivity contribution in [3.05, 3.63) is 38.8 Å². The van der Waals surface area contributed by atoms with Gasteiger partial charge in [-0.25, -0.2) is 13.9 Å². The van der Waals surface area contributed by atoms with E-state index in [4.69, 9.17) is 12.2 Å². The molecule has 2 rings (SSSR count). The Morgan fingerprint density at radius 1 is 1.53 bits per heavy atom. The highest BCUT2D eigenvalue weighted by atomic mass is 79.9. The van der Waals surface area contributed by atoms with Gasteiger partial charge in [0.2, 0.25) is 10.6 Å². The molecule has 9 heteroatoms. The molecular formula is C10H7BrF2N4OS. The Morgan fingerprint density at radius 3 is 2.95 bits per heavy atom. The summed E-state index contributed by atoms with van der Waals surface area (Å²) in [4.78, 5) is 0. The minimum absolute atomic E-state index is 0.0366. The minimum Gasteiger partial charge on any atom is -0.508 e. The van der Waals surface area contributed by atoms with Gasteiger partial charge in [0.25, 0.3) is 6.43 Å². The molecule has 5 nitrogen and oxygen atoms in total. The second-order valence-corrected chi connectivity index (χ2v) is 4.69. The van der Waals surface area contributed by atoms with E-state index in [0.717, 1.165) is 4.68 Å². The van der Waals surface area contributed by atoms with Crippen LogP contribution in [0.1, 0.15) is 17.8 Å². The Morgan fingerprint density at radius 2 is 2.26 bits per heavy atom. The van der Waals surface area contributed by atoms with Crippen LogP contribution in [0.25, 0.3) is 0 Å². The molecule has 0 fully saturated rings. The first-order valence-corrected chi connectivity index (χ1v) is 6.17. The van der Waals surface area contributed by atoms with Crippen molar-refractivity contribution in [2.45, 2.75) is 6.43 Å². The van der Waals surface area contributed by atoms with Gasteiger partial charge in [0.1, 0.15) is 5.75 Å². The summed E-state index contributed by atoms with van der Waals surface area (Å²) in [6.45, 7) is 0. The summed E-state index contributed by atoms with van der Waals surface area (Å²) in [5, 5.41) is 18.8. The number of H-pyrrole nitrogens is 1. The van der Waals surface area contributed by atoms with Crippen molar-refractivity contribution in [1.29, 1.82) is 0 Å². The van der Waals surface area contributed by atoms with E-state index < -0.39 is 12.2 Å².